The van der Waals surface area contributed by atoms with Crippen molar-refractivity contribution >= 4 is 11.8 Å². The molecule has 274 valence electrons. The number of hydrogen-bond acceptors (Lipinski definition) is 6. The molecule has 1 fully saturated rings. The first-order chi connectivity index (χ1) is 23.7. The second-order valence-electron chi connectivity index (χ2n) is 13.1. The number of ether oxygens (including phenoxy) is 1. The summed E-state index contributed by atoms with van der Waals surface area (Å²) in [4.78, 5) is 28.1. The summed E-state index contributed by atoms with van der Waals surface area (Å²) in [5.41, 5.74) is 3.93. The van der Waals surface area contributed by atoms with Crippen molar-refractivity contribution in [3.05, 3.63) is 76.7 Å². The largest absolute Gasteiger partial charge is 0.492 e. The first-order valence-electron chi connectivity index (χ1n) is 18.6. The van der Waals surface area contributed by atoms with Crippen LogP contribution in [0.5, 0.6) is 5.75 Å². The average Bonchev–Trinajstić information content (AvgIpc) is 3.09. The van der Waals surface area contributed by atoms with Crippen molar-refractivity contribution in [1.29, 1.82) is 0 Å². The first-order valence-corrected chi connectivity index (χ1v) is 18.6. The van der Waals surface area contributed by atoms with Gasteiger partial charge in [-0.3, -0.25) is 9.59 Å². The number of carbonyl (C=O) groups is 2. The molecule has 4 N–H and O–H groups in total. The molecular weight excluding hydrogens is 617 g/mol. The Hall–Kier alpha value is -3.43. The number of aryl methyl sites for hydroxylation is 3. The summed E-state index contributed by atoms with van der Waals surface area (Å²) in [6.45, 7) is 16.7. The standard InChI is InChI=1S/C27H43N5O3.C10H13F.C3H8/c1-3-10-23-17-29-21(2)20-35-25-13-6-5-11-22(25)12-9-14-28-27(34)24(31-26(33)18-30-23)19-32-15-7-4-8-16-32;1-3-4-9-6-5-8(2)7-10(9)11;1-3-2/h5-6,10-11,13,21,24,29-30H,3-4,7-9,12,14-20H2,1-2H3,(H,28,34)(H,31,33);5-7H,3-4H2,1-2H3;3H2,1-2H3/t21-,24?;;/m0../s1. The SMILES string of the molecule is CCC.CCC=C1CN[C@@H](C)COc2ccccc2CCCNC(=O)C(CN2CCCCC2)NC(=O)CN1.CCCc1ccc(C)cc1F. The lowest BCUT2D eigenvalue weighted by atomic mass is 10.1. The summed E-state index contributed by atoms with van der Waals surface area (Å²) in [5, 5.41) is 12.8. The summed E-state index contributed by atoms with van der Waals surface area (Å²) in [6, 6.07) is 13.1. The lowest BCUT2D eigenvalue weighted by molar-refractivity contribution is -0.129. The quantitative estimate of drug-likeness (QED) is 0.290. The molecule has 0 spiro atoms. The predicted octanol–water partition coefficient (Wildman–Crippen LogP) is 6.46. The number of para-hydroxylation sites is 1. The Bertz CT molecular complexity index is 1260. The third kappa shape index (κ3) is 17.2. The van der Waals surface area contributed by atoms with Crippen molar-refractivity contribution in [2.75, 3.05) is 45.9 Å². The smallest absolute Gasteiger partial charge is 0.243 e. The molecule has 0 aromatic heterocycles. The number of piperidine rings is 1. The van der Waals surface area contributed by atoms with Gasteiger partial charge in [-0.2, -0.15) is 0 Å². The molecule has 1 unspecified atom stereocenters. The van der Waals surface area contributed by atoms with Gasteiger partial charge >= 0.3 is 0 Å². The molecule has 2 aliphatic rings. The fourth-order valence-corrected chi connectivity index (χ4v) is 5.63. The number of carbonyl (C=O) groups excluding carboxylic acids is 2. The summed E-state index contributed by atoms with van der Waals surface area (Å²) in [5.74, 6) is 0.545. The Morgan fingerprint density at radius 3 is 2.39 bits per heavy atom. The van der Waals surface area contributed by atoms with Crippen LogP contribution in [0.15, 0.2) is 54.2 Å². The second-order valence-corrected chi connectivity index (χ2v) is 13.1. The Balaban J connectivity index is 0.000000496. The van der Waals surface area contributed by atoms with Crippen LogP contribution in [-0.4, -0.2) is 74.7 Å². The highest BCUT2D eigenvalue weighted by Gasteiger charge is 2.24. The number of likely N-dealkylation sites (tertiary alicyclic amines) is 1. The monoisotopic (exact) mass is 681 g/mol. The number of hydrogen-bond donors (Lipinski definition) is 4. The molecule has 0 bridgehead atoms. The molecule has 4 rings (SSSR count). The van der Waals surface area contributed by atoms with Gasteiger partial charge in [-0.05, 0) is 94.3 Å². The van der Waals surface area contributed by atoms with Crippen LogP contribution < -0.4 is 26.0 Å². The van der Waals surface area contributed by atoms with Gasteiger partial charge in [0.15, 0.2) is 0 Å². The van der Waals surface area contributed by atoms with E-state index < -0.39 is 6.04 Å². The highest BCUT2D eigenvalue weighted by molar-refractivity contribution is 5.88. The van der Waals surface area contributed by atoms with E-state index in [1.165, 1.54) is 12.8 Å². The van der Waals surface area contributed by atoms with Crippen molar-refractivity contribution in [2.45, 2.75) is 111 Å². The minimum Gasteiger partial charge on any atom is -0.492 e. The molecule has 0 aliphatic carbocycles. The van der Waals surface area contributed by atoms with Crippen LogP contribution >= 0.6 is 0 Å². The van der Waals surface area contributed by atoms with E-state index >= 15 is 0 Å². The van der Waals surface area contributed by atoms with E-state index in [1.54, 1.807) is 6.07 Å². The molecular formula is C40H64FN5O3. The van der Waals surface area contributed by atoms with E-state index in [4.69, 9.17) is 4.74 Å². The minimum absolute atomic E-state index is 0.0631. The molecule has 0 saturated carbocycles. The Labute approximate surface area is 296 Å². The average molecular weight is 682 g/mol. The molecule has 2 amide bonds. The summed E-state index contributed by atoms with van der Waals surface area (Å²) < 4.78 is 19.2. The van der Waals surface area contributed by atoms with Gasteiger partial charge in [-0.1, -0.05) is 83.4 Å². The van der Waals surface area contributed by atoms with Gasteiger partial charge in [-0.25, -0.2) is 4.39 Å². The number of nitrogens with one attached hydrogen (secondary N) is 4. The highest BCUT2D eigenvalue weighted by Crippen LogP contribution is 2.20. The third-order valence-electron chi connectivity index (χ3n) is 8.22. The molecule has 2 aromatic rings. The highest BCUT2D eigenvalue weighted by atomic mass is 19.1. The van der Waals surface area contributed by atoms with Crippen LogP contribution in [0, 0.1) is 12.7 Å². The van der Waals surface area contributed by atoms with E-state index in [1.807, 2.05) is 37.3 Å². The molecule has 2 aromatic carbocycles. The van der Waals surface area contributed by atoms with E-state index in [-0.39, 0.29) is 30.2 Å². The summed E-state index contributed by atoms with van der Waals surface area (Å²) in [6.07, 6.45) is 11.2. The first kappa shape index (κ1) is 41.7. The van der Waals surface area contributed by atoms with Crippen molar-refractivity contribution in [3.63, 3.8) is 0 Å². The maximum atomic E-state index is 13.1. The fraction of sp³-hybridized carbons (Fsp3) is 0.600. The van der Waals surface area contributed by atoms with Gasteiger partial charge in [-0.15, -0.1) is 0 Å². The number of fused-ring (bicyclic) bond motifs is 1. The number of benzene rings is 2. The summed E-state index contributed by atoms with van der Waals surface area (Å²) in [7, 11) is 0. The van der Waals surface area contributed by atoms with Gasteiger partial charge in [0.2, 0.25) is 11.8 Å². The number of halogens is 1. The Morgan fingerprint density at radius 2 is 1.69 bits per heavy atom. The van der Waals surface area contributed by atoms with Crippen LogP contribution in [0.3, 0.4) is 0 Å². The molecule has 2 heterocycles. The van der Waals surface area contributed by atoms with Crippen LogP contribution in [0.1, 0.15) is 96.3 Å². The zero-order valence-electron chi connectivity index (χ0n) is 31.1. The van der Waals surface area contributed by atoms with Crippen LogP contribution in [0.2, 0.25) is 0 Å². The van der Waals surface area contributed by atoms with Crippen molar-refractivity contribution < 1.29 is 18.7 Å². The van der Waals surface area contributed by atoms with Crippen molar-refractivity contribution in [3.8, 4) is 5.75 Å². The van der Waals surface area contributed by atoms with E-state index in [2.05, 4.69) is 72.9 Å². The zero-order valence-corrected chi connectivity index (χ0v) is 31.1. The maximum Gasteiger partial charge on any atom is 0.243 e. The van der Waals surface area contributed by atoms with E-state index in [9.17, 15) is 14.0 Å². The van der Waals surface area contributed by atoms with Crippen LogP contribution in [-0.2, 0) is 22.4 Å². The minimum atomic E-state index is -0.561. The van der Waals surface area contributed by atoms with Gasteiger partial charge in [0, 0.05) is 31.4 Å². The maximum absolute atomic E-state index is 13.1. The molecule has 49 heavy (non-hydrogen) atoms. The van der Waals surface area contributed by atoms with E-state index in [0.717, 1.165) is 86.2 Å². The number of nitrogens with zero attached hydrogens (tertiary/aromatic N) is 1. The fourth-order valence-electron chi connectivity index (χ4n) is 5.63. The Kier molecular flexibility index (Phi) is 21.0. The normalized spacial score (nSPS) is 20.7. The zero-order chi connectivity index (χ0) is 35.9. The second kappa shape index (κ2) is 24.7. The molecule has 9 heteroatoms. The molecule has 2 atom stereocenters. The van der Waals surface area contributed by atoms with Gasteiger partial charge in [0.05, 0.1) is 6.54 Å². The van der Waals surface area contributed by atoms with Crippen LogP contribution in [0.4, 0.5) is 4.39 Å². The molecule has 8 nitrogen and oxygen atoms in total. The lowest BCUT2D eigenvalue weighted by Crippen LogP contribution is -2.55. The third-order valence-corrected chi connectivity index (χ3v) is 8.22. The Morgan fingerprint density at radius 1 is 0.959 bits per heavy atom. The van der Waals surface area contributed by atoms with Gasteiger partial charge in [0.1, 0.15) is 24.2 Å². The molecule has 0 radical (unpaired) electrons. The number of amides is 2. The predicted molar refractivity (Wildman–Crippen MR) is 200 cm³/mol. The summed E-state index contributed by atoms with van der Waals surface area (Å²) >= 11 is 0. The molecule has 1 saturated heterocycles. The number of rotatable bonds is 5. The van der Waals surface area contributed by atoms with Gasteiger partial charge < -0.3 is 30.9 Å². The topological polar surface area (TPSA) is 94.7 Å². The van der Waals surface area contributed by atoms with Crippen molar-refractivity contribution in [1.82, 2.24) is 26.2 Å². The lowest BCUT2D eigenvalue weighted by Gasteiger charge is -2.30. The van der Waals surface area contributed by atoms with Crippen LogP contribution in [0.25, 0.3) is 0 Å². The van der Waals surface area contributed by atoms with Crippen molar-refractivity contribution in [2.24, 2.45) is 0 Å². The van der Waals surface area contributed by atoms with E-state index in [0.29, 0.717) is 26.2 Å². The number of allylic oxidation sites excluding steroid dienone is 1. The molecule has 2 aliphatic heterocycles. The van der Waals surface area contributed by atoms with Gasteiger partial charge in [0.25, 0.3) is 0 Å².